The molecule has 0 radical (unpaired) electrons. The number of piperidine rings is 1. The molecule has 2 fully saturated rings. The smallest absolute Gasteiger partial charge is 0.224 e. The molecule has 4 nitrogen and oxygen atoms in total. The van der Waals surface area contributed by atoms with Gasteiger partial charge in [0.1, 0.15) is 0 Å². The van der Waals surface area contributed by atoms with Crippen LogP contribution in [0.2, 0.25) is 0 Å². The lowest BCUT2D eigenvalue weighted by Gasteiger charge is -2.28. The summed E-state index contributed by atoms with van der Waals surface area (Å²) >= 11 is 0. The van der Waals surface area contributed by atoms with Crippen molar-refractivity contribution < 1.29 is 4.79 Å². The Balaban J connectivity index is 0.00000156. The molecule has 0 aliphatic carbocycles. The number of rotatable bonds is 5. The van der Waals surface area contributed by atoms with E-state index < -0.39 is 0 Å². The first kappa shape index (κ1) is 22.1. The third-order valence-electron chi connectivity index (χ3n) is 5.27. The van der Waals surface area contributed by atoms with Crippen molar-refractivity contribution in [3.05, 3.63) is 24.3 Å². The van der Waals surface area contributed by atoms with Gasteiger partial charge < -0.3 is 15.5 Å². The summed E-state index contributed by atoms with van der Waals surface area (Å²) in [6, 6.07) is 8.21. The fraction of sp³-hybridized carbons (Fsp3) is 0.632. The monoisotopic (exact) mass is 387 g/mol. The average Bonchev–Trinajstić information content (AvgIpc) is 3.10. The van der Waals surface area contributed by atoms with Crippen LogP contribution in [0.3, 0.4) is 0 Å². The van der Waals surface area contributed by atoms with Gasteiger partial charge in [-0.3, -0.25) is 4.79 Å². The van der Waals surface area contributed by atoms with E-state index in [-0.39, 0.29) is 30.7 Å². The van der Waals surface area contributed by atoms with Crippen LogP contribution < -0.4 is 15.5 Å². The van der Waals surface area contributed by atoms with Crippen LogP contribution in [-0.2, 0) is 4.79 Å². The van der Waals surface area contributed by atoms with E-state index in [1.54, 1.807) is 0 Å². The number of amides is 1. The van der Waals surface area contributed by atoms with E-state index in [4.69, 9.17) is 0 Å². The molecule has 6 heteroatoms. The number of benzene rings is 1. The number of nitrogens with one attached hydrogen (secondary N) is 2. The Kier molecular flexibility index (Phi) is 9.62. The molecular weight excluding hydrogens is 357 g/mol. The summed E-state index contributed by atoms with van der Waals surface area (Å²) in [5.74, 6) is 1.21. The van der Waals surface area contributed by atoms with Crippen LogP contribution in [0, 0.1) is 11.8 Å². The number of carbonyl (C=O) groups is 1. The van der Waals surface area contributed by atoms with Crippen LogP contribution >= 0.6 is 24.8 Å². The fourth-order valence-electron chi connectivity index (χ4n) is 3.84. The first-order valence-corrected chi connectivity index (χ1v) is 9.08. The molecule has 0 spiro atoms. The number of hydrogen-bond acceptors (Lipinski definition) is 3. The molecule has 2 unspecified atom stereocenters. The number of nitrogens with zero attached hydrogens (tertiary/aromatic N) is 1. The highest BCUT2D eigenvalue weighted by Crippen LogP contribution is 2.29. The van der Waals surface area contributed by atoms with Gasteiger partial charge in [0.25, 0.3) is 0 Å². The van der Waals surface area contributed by atoms with E-state index in [0.29, 0.717) is 18.3 Å². The lowest BCUT2D eigenvalue weighted by atomic mass is 9.85. The molecule has 2 aliphatic rings. The lowest BCUT2D eigenvalue weighted by Crippen LogP contribution is -2.34. The Morgan fingerprint density at radius 2 is 1.96 bits per heavy atom. The second kappa shape index (κ2) is 10.9. The molecular formula is C19H31Cl2N3O. The van der Waals surface area contributed by atoms with Gasteiger partial charge in [0.15, 0.2) is 0 Å². The minimum Gasteiger partial charge on any atom is -0.370 e. The lowest BCUT2D eigenvalue weighted by molar-refractivity contribution is -0.117. The number of anilines is 2. The zero-order valence-corrected chi connectivity index (χ0v) is 16.6. The van der Waals surface area contributed by atoms with Crippen molar-refractivity contribution in [1.82, 2.24) is 5.32 Å². The van der Waals surface area contributed by atoms with Gasteiger partial charge in [-0.25, -0.2) is 0 Å². The molecule has 1 aromatic rings. The Hall–Kier alpha value is -0.970. The zero-order valence-electron chi connectivity index (χ0n) is 15.0. The van der Waals surface area contributed by atoms with Crippen LogP contribution in [0.5, 0.6) is 0 Å². The van der Waals surface area contributed by atoms with Gasteiger partial charge in [-0.15, -0.1) is 24.8 Å². The minimum atomic E-state index is 0. The van der Waals surface area contributed by atoms with Crippen LogP contribution in [0.15, 0.2) is 24.3 Å². The highest BCUT2D eigenvalue weighted by Gasteiger charge is 2.23. The van der Waals surface area contributed by atoms with Crippen molar-refractivity contribution in [2.45, 2.75) is 39.0 Å². The van der Waals surface area contributed by atoms with E-state index in [0.717, 1.165) is 31.9 Å². The second-order valence-corrected chi connectivity index (χ2v) is 7.05. The summed E-state index contributed by atoms with van der Waals surface area (Å²) < 4.78 is 0. The van der Waals surface area contributed by atoms with Crippen molar-refractivity contribution in [3.63, 3.8) is 0 Å². The SMILES string of the molecule is CC(CC(=O)Nc1ccccc1N1CCCC1)C1CCCNC1.Cl.Cl. The van der Waals surface area contributed by atoms with Gasteiger partial charge in [-0.2, -0.15) is 0 Å². The van der Waals surface area contributed by atoms with Crippen molar-refractivity contribution in [2.24, 2.45) is 11.8 Å². The van der Waals surface area contributed by atoms with E-state index in [9.17, 15) is 4.79 Å². The fourth-order valence-corrected chi connectivity index (χ4v) is 3.84. The number of halogens is 2. The molecule has 142 valence electrons. The number of hydrogen-bond donors (Lipinski definition) is 2. The molecule has 1 aromatic carbocycles. The maximum absolute atomic E-state index is 12.5. The molecule has 0 saturated carbocycles. The predicted molar refractivity (Wildman–Crippen MR) is 110 cm³/mol. The van der Waals surface area contributed by atoms with Gasteiger partial charge in [0, 0.05) is 19.5 Å². The van der Waals surface area contributed by atoms with E-state index in [1.165, 1.54) is 31.4 Å². The predicted octanol–water partition coefficient (Wildman–Crippen LogP) is 4.09. The topological polar surface area (TPSA) is 44.4 Å². The zero-order chi connectivity index (χ0) is 16.1. The highest BCUT2D eigenvalue weighted by atomic mass is 35.5. The summed E-state index contributed by atoms with van der Waals surface area (Å²) in [4.78, 5) is 14.9. The Morgan fingerprint density at radius 1 is 1.24 bits per heavy atom. The normalized spacial score (nSPS) is 21.0. The molecule has 2 aliphatic heterocycles. The van der Waals surface area contributed by atoms with E-state index >= 15 is 0 Å². The van der Waals surface area contributed by atoms with Crippen LogP contribution in [0.25, 0.3) is 0 Å². The molecule has 2 heterocycles. The third kappa shape index (κ3) is 6.05. The maximum Gasteiger partial charge on any atom is 0.224 e. The highest BCUT2D eigenvalue weighted by molar-refractivity contribution is 5.94. The number of para-hydroxylation sites is 2. The third-order valence-corrected chi connectivity index (χ3v) is 5.27. The van der Waals surface area contributed by atoms with Gasteiger partial charge in [-0.05, 0) is 62.7 Å². The van der Waals surface area contributed by atoms with E-state index in [1.807, 2.05) is 12.1 Å². The molecule has 2 N–H and O–H groups in total. The Bertz CT molecular complexity index is 529. The average molecular weight is 388 g/mol. The van der Waals surface area contributed by atoms with Crippen molar-refractivity contribution >= 4 is 42.1 Å². The minimum absolute atomic E-state index is 0. The number of carbonyl (C=O) groups excluding carboxylic acids is 1. The first-order chi connectivity index (χ1) is 11.2. The van der Waals surface area contributed by atoms with Crippen LogP contribution in [0.1, 0.15) is 39.0 Å². The van der Waals surface area contributed by atoms with Gasteiger partial charge in [0.2, 0.25) is 5.91 Å². The van der Waals surface area contributed by atoms with E-state index in [2.05, 4.69) is 34.6 Å². The molecule has 3 rings (SSSR count). The maximum atomic E-state index is 12.5. The summed E-state index contributed by atoms with van der Waals surface area (Å²) in [6.45, 7) is 6.58. The standard InChI is InChI=1S/C19H29N3O.2ClH/c1-15(16-7-6-10-20-14-16)13-19(23)21-17-8-2-3-9-18(17)22-11-4-5-12-22;;/h2-3,8-9,15-16,20H,4-7,10-14H2,1H3,(H,21,23);2*1H. The summed E-state index contributed by atoms with van der Waals surface area (Å²) in [7, 11) is 0. The molecule has 0 aromatic heterocycles. The van der Waals surface area contributed by atoms with Crippen molar-refractivity contribution in [2.75, 3.05) is 36.4 Å². The Morgan fingerprint density at radius 3 is 2.64 bits per heavy atom. The van der Waals surface area contributed by atoms with Crippen molar-refractivity contribution in [1.29, 1.82) is 0 Å². The van der Waals surface area contributed by atoms with Gasteiger partial charge >= 0.3 is 0 Å². The summed E-state index contributed by atoms with van der Waals surface area (Å²) in [5, 5.41) is 6.60. The van der Waals surface area contributed by atoms with Crippen LogP contribution in [-0.4, -0.2) is 32.1 Å². The molecule has 2 saturated heterocycles. The molecule has 0 bridgehead atoms. The molecule has 25 heavy (non-hydrogen) atoms. The second-order valence-electron chi connectivity index (χ2n) is 7.05. The van der Waals surface area contributed by atoms with Crippen molar-refractivity contribution in [3.8, 4) is 0 Å². The largest absolute Gasteiger partial charge is 0.370 e. The van der Waals surface area contributed by atoms with Crippen LogP contribution in [0.4, 0.5) is 11.4 Å². The summed E-state index contributed by atoms with van der Waals surface area (Å²) in [6.07, 6.45) is 5.57. The molecule has 1 amide bonds. The van der Waals surface area contributed by atoms with Gasteiger partial charge in [0.05, 0.1) is 11.4 Å². The summed E-state index contributed by atoms with van der Waals surface area (Å²) in [5.41, 5.74) is 2.14. The molecule has 2 atom stereocenters. The first-order valence-electron chi connectivity index (χ1n) is 9.08. The van der Waals surface area contributed by atoms with Gasteiger partial charge in [-0.1, -0.05) is 19.1 Å². The quantitative estimate of drug-likeness (QED) is 0.799. The Labute approximate surface area is 163 Å².